The Morgan fingerprint density at radius 2 is 2.26 bits per heavy atom. The van der Waals surface area contributed by atoms with Crippen molar-refractivity contribution < 1.29 is 9.53 Å². The van der Waals surface area contributed by atoms with Crippen molar-refractivity contribution >= 4 is 5.91 Å². The number of fused-ring (bicyclic) bond motifs is 1. The standard InChI is InChI=1S/C15H20N2O2/c18-15(17-10-11-5-7-16-9-11)13-6-8-19-14-4-2-1-3-12(13)14/h1-4,11,13,16H,5-10H2,(H,17,18). The molecule has 0 aliphatic carbocycles. The summed E-state index contributed by atoms with van der Waals surface area (Å²) >= 11 is 0. The molecule has 0 saturated carbocycles. The number of amides is 1. The number of carbonyl (C=O) groups excluding carboxylic acids is 1. The van der Waals surface area contributed by atoms with E-state index in [1.165, 1.54) is 0 Å². The van der Waals surface area contributed by atoms with Gasteiger partial charge in [-0.25, -0.2) is 0 Å². The maximum atomic E-state index is 12.3. The van der Waals surface area contributed by atoms with Gasteiger partial charge in [0.05, 0.1) is 12.5 Å². The van der Waals surface area contributed by atoms with E-state index >= 15 is 0 Å². The Morgan fingerprint density at radius 3 is 3.11 bits per heavy atom. The molecule has 1 saturated heterocycles. The van der Waals surface area contributed by atoms with Crippen LogP contribution in [0.3, 0.4) is 0 Å². The van der Waals surface area contributed by atoms with Gasteiger partial charge in [-0.15, -0.1) is 0 Å². The van der Waals surface area contributed by atoms with Gasteiger partial charge in [-0.3, -0.25) is 4.79 Å². The molecule has 2 N–H and O–H groups in total. The summed E-state index contributed by atoms with van der Waals surface area (Å²) in [7, 11) is 0. The summed E-state index contributed by atoms with van der Waals surface area (Å²) in [5.74, 6) is 1.53. The van der Waals surface area contributed by atoms with Crippen molar-refractivity contribution in [3.8, 4) is 5.75 Å². The average molecular weight is 260 g/mol. The molecule has 4 heteroatoms. The van der Waals surface area contributed by atoms with Crippen LogP contribution in [-0.4, -0.2) is 32.1 Å². The lowest BCUT2D eigenvalue weighted by Gasteiger charge is -2.25. The van der Waals surface area contributed by atoms with E-state index in [9.17, 15) is 4.79 Å². The zero-order valence-corrected chi connectivity index (χ0v) is 11.0. The first-order chi connectivity index (χ1) is 9.34. The predicted octanol–water partition coefficient (Wildman–Crippen LogP) is 1.28. The largest absolute Gasteiger partial charge is 0.493 e. The molecule has 0 spiro atoms. The van der Waals surface area contributed by atoms with Crippen molar-refractivity contribution in [1.29, 1.82) is 0 Å². The molecule has 2 aliphatic heterocycles. The van der Waals surface area contributed by atoms with Gasteiger partial charge >= 0.3 is 0 Å². The Kier molecular flexibility index (Phi) is 3.69. The first kappa shape index (κ1) is 12.5. The summed E-state index contributed by atoms with van der Waals surface area (Å²) in [6, 6.07) is 7.85. The Morgan fingerprint density at radius 1 is 1.37 bits per heavy atom. The molecule has 2 aliphatic rings. The van der Waals surface area contributed by atoms with Crippen LogP contribution in [0, 0.1) is 5.92 Å². The third-order valence-electron chi connectivity index (χ3n) is 4.00. The first-order valence-electron chi connectivity index (χ1n) is 7.05. The molecule has 0 bridgehead atoms. The molecule has 1 aromatic rings. The quantitative estimate of drug-likeness (QED) is 0.860. The van der Waals surface area contributed by atoms with E-state index in [4.69, 9.17) is 4.74 Å². The zero-order chi connectivity index (χ0) is 13.1. The molecule has 1 aromatic carbocycles. The Balaban J connectivity index is 1.64. The van der Waals surface area contributed by atoms with Gasteiger partial charge in [0.15, 0.2) is 0 Å². The van der Waals surface area contributed by atoms with Gasteiger partial charge in [-0.1, -0.05) is 18.2 Å². The fourth-order valence-electron chi connectivity index (χ4n) is 2.87. The van der Waals surface area contributed by atoms with E-state index in [2.05, 4.69) is 10.6 Å². The van der Waals surface area contributed by atoms with Crippen LogP contribution in [0.1, 0.15) is 24.3 Å². The van der Waals surface area contributed by atoms with Gasteiger partial charge in [-0.2, -0.15) is 0 Å². The highest BCUT2D eigenvalue weighted by molar-refractivity contribution is 5.84. The van der Waals surface area contributed by atoms with Crippen LogP contribution in [0.25, 0.3) is 0 Å². The van der Waals surface area contributed by atoms with Gasteiger partial charge in [0.2, 0.25) is 5.91 Å². The average Bonchev–Trinajstić information content (AvgIpc) is 2.97. The molecule has 1 amide bonds. The first-order valence-corrected chi connectivity index (χ1v) is 7.05. The fraction of sp³-hybridized carbons (Fsp3) is 0.533. The molecule has 2 unspecified atom stereocenters. The van der Waals surface area contributed by atoms with Crippen molar-refractivity contribution in [2.24, 2.45) is 5.92 Å². The van der Waals surface area contributed by atoms with E-state index in [1.807, 2.05) is 24.3 Å². The second-order valence-corrected chi connectivity index (χ2v) is 5.33. The van der Waals surface area contributed by atoms with E-state index in [1.54, 1.807) is 0 Å². The van der Waals surface area contributed by atoms with Gasteiger partial charge in [0.25, 0.3) is 0 Å². The maximum Gasteiger partial charge on any atom is 0.227 e. The molecular formula is C15H20N2O2. The molecule has 3 rings (SSSR count). The number of rotatable bonds is 3. The molecule has 2 heterocycles. The maximum absolute atomic E-state index is 12.3. The molecule has 19 heavy (non-hydrogen) atoms. The van der Waals surface area contributed by atoms with Crippen LogP contribution in [0.4, 0.5) is 0 Å². The number of ether oxygens (including phenoxy) is 1. The summed E-state index contributed by atoms with van der Waals surface area (Å²) in [5, 5.41) is 6.42. The molecule has 1 fully saturated rings. The third-order valence-corrected chi connectivity index (χ3v) is 4.00. The third kappa shape index (κ3) is 2.73. The number of hydrogen-bond acceptors (Lipinski definition) is 3. The normalized spacial score (nSPS) is 25.5. The van der Waals surface area contributed by atoms with Crippen molar-refractivity contribution in [2.45, 2.75) is 18.8 Å². The van der Waals surface area contributed by atoms with Crippen molar-refractivity contribution in [1.82, 2.24) is 10.6 Å². The van der Waals surface area contributed by atoms with Crippen molar-refractivity contribution in [3.05, 3.63) is 29.8 Å². The number of carbonyl (C=O) groups is 1. The van der Waals surface area contributed by atoms with Crippen LogP contribution in [0.15, 0.2) is 24.3 Å². The molecule has 102 valence electrons. The highest BCUT2D eigenvalue weighted by Gasteiger charge is 2.27. The van der Waals surface area contributed by atoms with Crippen molar-refractivity contribution in [3.63, 3.8) is 0 Å². The Bertz CT molecular complexity index is 455. The summed E-state index contributed by atoms with van der Waals surface area (Å²) in [6.45, 7) is 3.50. The summed E-state index contributed by atoms with van der Waals surface area (Å²) < 4.78 is 5.59. The van der Waals surface area contributed by atoms with Crippen molar-refractivity contribution in [2.75, 3.05) is 26.2 Å². The Labute approximate surface area is 113 Å². The summed E-state index contributed by atoms with van der Waals surface area (Å²) in [6.07, 6.45) is 1.93. The smallest absolute Gasteiger partial charge is 0.227 e. The topological polar surface area (TPSA) is 50.4 Å². The molecule has 4 nitrogen and oxygen atoms in total. The summed E-state index contributed by atoms with van der Waals surface area (Å²) in [4.78, 5) is 12.3. The zero-order valence-electron chi connectivity index (χ0n) is 11.0. The number of nitrogens with one attached hydrogen (secondary N) is 2. The van der Waals surface area contributed by atoms with Gasteiger partial charge in [0, 0.05) is 12.1 Å². The lowest BCUT2D eigenvalue weighted by atomic mass is 9.92. The monoisotopic (exact) mass is 260 g/mol. The predicted molar refractivity (Wildman–Crippen MR) is 73.3 cm³/mol. The van der Waals surface area contributed by atoms with Crippen LogP contribution in [0.2, 0.25) is 0 Å². The highest BCUT2D eigenvalue weighted by atomic mass is 16.5. The number of benzene rings is 1. The van der Waals surface area contributed by atoms with Crippen LogP contribution in [-0.2, 0) is 4.79 Å². The van der Waals surface area contributed by atoms with Crippen LogP contribution < -0.4 is 15.4 Å². The Hall–Kier alpha value is -1.55. The van der Waals surface area contributed by atoms with Crippen LogP contribution >= 0.6 is 0 Å². The van der Waals surface area contributed by atoms with Gasteiger partial charge in [0.1, 0.15) is 5.75 Å². The SMILES string of the molecule is O=C(NCC1CCNC1)C1CCOc2ccccc21. The van der Waals surface area contributed by atoms with E-state index in [0.717, 1.165) is 43.8 Å². The lowest BCUT2D eigenvalue weighted by Crippen LogP contribution is -2.35. The minimum atomic E-state index is -0.0562. The minimum Gasteiger partial charge on any atom is -0.493 e. The highest BCUT2D eigenvalue weighted by Crippen LogP contribution is 2.33. The van der Waals surface area contributed by atoms with E-state index in [-0.39, 0.29) is 11.8 Å². The van der Waals surface area contributed by atoms with Crippen LogP contribution in [0.5, 0.6) is 5.75 Å². The lowest BCUT2D eigenvalue weighted by molar-refractivity contribution is -0.123. The second kappa shape index (κ2) is 5.61. The molecule has 0 aromatic heterocycles. The van der Waals surface area contributed by atoms with Gasteiger partial charge in [-0.05, 0) is 37.9 Å². The van der Waals surface area contributed by atoms with Gasteiger partial charge < -0.3 is 15.4 Å². The number of hydrogen-bond donors (Lipinski definition) is 2. The second-order valence-electron chi connectivity index (χ2n) is 5.33. The molecule has 2 atom stereocenters. The fourth-order valence-corrected chi connectivity index (χ4v) is 2.87. The summed E-state index contributed by atoms with van der Waals surface area (Å²) in [5.41, 5.74) is 1.02. The number of para-hydroxylation sites is 1. The van der Waals surface area contributed by atoms with E-state index in [0.29, 0.717) is 12.5 Å². The molecular weight excluding hydrogens is 240 g/mol. The minimum absolute atomic E-state index is 0.0562. The van der Waals surface area contributed by atoms with E-state index < -0.39 is 0 Å². The molecule has 0 radical (unpaired) electrons.